The van der Waals surface area contributed by atoms with Crippen molar-refractivity contribution in [3.63, 3.8) is 0 Å². The number of ether oxygens (including phenoxy) is 1. The molecule has 19 heavy (non-hydrogen) atoms. The number of carbonyl (C=O) groups excluding carboxylic acids is 1. The Bertz CT molecular complexity index is 463. The summed E-state index contributed by atoms with van der Waals surface area (Å²) < 4.78 is 5.10. The van der Waals surface area contributed by atoms with Gasteiger partial charge in [0.25, 0.3) is 5.91 Å². The molecule has 0 fully saturated rings. The van der Waals surface area contributed by atoms with E-state index < -0.39 is 0 Å². The molecule has 0 heterocycles. The molecule has 0 aliphatic rings. The van der Waals surface area contributed by atoms with E-state index in [-0.39, 0.29) is 11.9 Å². The largest absolute Gasteiger partial charge is 0.389 e. The van der Waals surface area contributed by atoms with Crippen molar-refractivity contribution in [1.82, 2.24) is 4.90 Å². The van der Waals surface area contributed by atoms with Crippen LogP contribution in [0.5, 0.6) is 0 Å². The fourth-order valence-corrected chi connectivity index (χ4v) is 2.08. The molecular weight excluding hydrogens is 260 g/mol. The maximum Gasteiger partial charge on any atom is 0.254 e. The summed E-state index contributed by atoms with van der Waals surface area (Å²) in [6.07, 6.45) is 0. The first-order valence-corrected chi connectivity index (χ1v) is 6.61. The molecule has 0 aliphatic carbocycles. The van der Waals surface area contributed by atoms with Crippen LogP contribution in [0.3, 0.4) is 0 Å². The van der Waals surface area contributed by atoms with Gasteiger partial charge in [-0.05, 0) is 26.0 Å². The molecule has 1 unspecified atom stereocenters. The second-order valence-electron chi connectivity index (χ2n) is 4.34. The third-order valence-corrected chi connectivity index (χ3v) is 3.17. The third-order valence-electron chi connectivity index (χ3n) is 2.94. The minimum atomic E-state index is -0.0369. The van der Waals surface area contributed by atoms with Crippen molar-refractivity contribution < 1.29 is 9.53 Å². The Hall–Kier alpha value is -1.46. The normalized spacial score (nSPS) is 11.9. The first kappa shape index (κ1) is 15.6. The zero-order valence-corrected chi connectivity index (χ0v) is 12.4. The van der Waals surface area contributed by atoms with Crippen LogP contribution >= 0.6 is 12.2 Å². The molecule has 2 N–H and O–H groups in total. The van der Waals surface area contributed by atoms with Gasteiger partial charge >= 0.3 is 0 Å². The second kappa shape index (κ2) is 7.21. The first-order valence-electron chi connectivity index (χ1n) is 6.21. The summed E-state index contributed by atoms with van der Waals surface area (Å²) in [5.74, 6) is -0.0369. The molecule has 0 radical (unpaired) electrons. The van der Waals surface area contributed by atoms with E-state index >= 15 is 0 Å². The standard InChI is InChI=1S/C14H20N2O2S/c1-4-16(10(2)9-18-3)14(17)12-7-5-6-11(8-12)13(15)19/h5-8,10H,4,9H2,1-3H3,(H2,15,19). The highest BCUT2D eigenvalue weighted by molar-refractivity contribution is 7.80. The number of rotatable bonds is 6. The fraction of sp³-hybridized carbons (Fsp3) is 0.429. The van der Waals surface area contributed by atoms with Gasteiger partial charge in [0.2, 0.25) is 0 Å². The number of hydrogen-bond acceptors (Lipinski definition) is 3. The van der Waals surface area contributed by atoms with E-state index in [1.54, 1.807) is 36.3 Å². The number of amides is 1. The Morgan fingerprint density at radius 1 is 1.47 bits per heavy atom. The van der Waals surface area contributed by atoms with E-state index in [4.69, 9.17) is 22.7 Å². The molecule has 0 aliphatic heterocycles. The van der Waals surface area contributed by atoms with Crippen molar-refractivity contribution in [1.29, 1.82) is 0 Å². The second-order valence-corrected chi connectivity index (χ2v) is 4.78. The topological polar surface area (TPSA) is 55.6 Å². The lowest BCUT2D eigenvalue weighted by Crippen LogP contribution is -2.41. The summed E-state index contributed by atoms with van der Waals surface area (Å²) in [4.78, 5) is 14.5. The predicted octanol–water partition coefficient (Wildman–Crippen LogP) is 1.82. The molecule has 0 saturated heterocycles. The average Bonchev–Trinajstić information content (AvgIpc) is 2.39. The van der Waals surface area contributed by atoms with Crippen LogP contribution in [0.4, 0.5) is 0 Å². The zero-order valence-electron chi connectivity index (χ0n) is 11.6. The number of nitrogens with zero attached hydrogens (tertiary/aromatic N) is 1. The highest BCUT2D eigenvalue weighted by Gasteiger charge is 2.20. The van der Waals surface area contributed by atoms with Crippen molar-refractivity contribution in [3.05, 3.63) is 35.4 Å². The zero-order chi connectivity index (χ0) is 14.4. The Morgan fingerprint density at radius 2 is 2.11 bits per heavy atom. The highest BCUT2D eigenvalue weighted by atomic mass is 32.1. The molecule has 1 atom stereocenters. The van der Waals surface area contributed by atoms with Gasteiger partial charge < -0.3 is 15.4 Å². The quantitative estimate of drug-likeness (QED) is 0.808. The Labute approximate surface area is 119 Å². The molecule has 1 rings (SSSR count). The van der Waals surface area contributed by atoms with Gasteiger partial charge in [-0.3, -0.25) is 4.79 Å². The highest BCUT2D eigenvalue weighted by Crippen LogP contribution is 2.11. The van der Waals surface area contributed by atoms with Crippen molar-refractivity contribution in [3.8, 4) is 0 Å². The van der Waals surface area contributed by atoms with E-state index in [0.29, 0.717) is 29.3 Å². The van der Waals surface area contributed by atoms with Gasteiger partial charge in [0.15, 0.2) is 0 Å². The maximum absolute atomic E-state index is 12.5. The Kier molecular flexibility index (Phi) is 5.92. The Morgan fingerprint density at radius 3 is 2.63 bits per heavy atom. The van der Waals surface area contributed by atoms with Gasteiger partial charge in [-0.1, -0.05) is 24.4 Å². The van der Waals surface area contributed by atoms with Gasteiger partial charge in [0.1, 0.15) is 4.99 Å². The molecule has 0 bridgehead atoms. The number of nitrogens with two attached hydrogens (primary N) is 1. The van der Waals surface area contributed by atoms with E-state index in [1.807, 2.05) is 13.8 Å². The molecule has 1 aromatic rings. The molecule has 0 aromatic heterocycles. The predicted molar refractivity (Wildman–Crippen MR) is 80.4 cm³/mol. The lowest BCUT2D eigenvalue weighted by Gasteiger charge is -2.27. The van der Waals surface area contributed by atoms with Gasteiger partial charge in [0.05, 0.1) is 12.6 Å². The molecule has 104 valence electrons. The lowest BCUT2D eigenvalue weighted by molar-refractivity contribution is 0.0579. The molecule has 5 heteroatoms. The summed E-state index contributed by atoms with van der Waals surface area (Å²) in [5, 5.41) is 0. The van der Waals surface area contributed by atoms with E-state index in [2.05, 4.69) is 0 Å². The number of likely N-dealkylation sites (N-methyl/N-ethyl adjacent to an activating group) is 1. The first-order chi connectivity index (χ1) is 9.01. The van der Waals surface area contributed by atoms with Crippen LogP contribution in [0.25, 0.3) is 0 Å². The minimum Gasteiger partial charge on any atom is -0.389 e. The number of methoxy groups -OCH3 is 1. The van der Waals surface area contributed by atoms with Crippen molar-refractivity contribution in [2.24, 2.45) is 5.73 Å². The van der Waals surface area contributed by atoms with Gasteiger partial charge in [-0.2, -0.15) is 0 Å². The molecule has 1 aromatic carbocycles. The van der Waals surface area contributed by atoms with E-state index in [0.717, 1.165) is 0 Å². The molecule has 4 nitrogen and oxygen atoms in total. The molecule has 1 amide bonds. The fourth-order valence-electron chi connectivity index (χ4n) is 1.96. The van der Waals surface area contributed by atoms with Crippen LogP contribution in [0, 0.1) is 0 Å². The van der Waals surface area contributed by atoms with Gasteiger partial charge in [-0.25, -0.2) is 0 Å². The van der Waals surface area contributed by atoms with Gasteiger partial charge in [0, 0.05) is 24.8 Å². The van der Waals surface area contributed by atoms with Crippen LogP contribution in [0.1, 0.15) is 29.8 Å². The van der Waals surface area contributed by atoms with Crippen LogP contribution < -0.4 is 5.73 Å². The number of thiocarbonyl (C=S) groups is 1. The van der Waals surface area contributed by atoms with Crippen molar-refractivity contribution in [2.45, 2.75) is 19.9 Å². The maximum atomic E-state index is 12.5. The lowest BCUT2D eigenvalue weighted by atomic mass is 10.1. The minimum absolute atomic E-state index is 0.0241. The van der Waals surface area contributed by atoms with E-state index in [1.165, 1.54) is 0 Å². The molecular formula is C14H20N2O2S. The van der Waals surface area contributed by atoms with Crippen LogP contribution in [0.2, 0.25) is 0 Å². The van der Waals surface area contributed by atoms with Crippen molar-refractivity contribution in [2.75, 3.05) is 20.3 Å². The molecule has 0 saturated carbocycles. The number of hydrogen-bond donors (Lipinski definition) is 1. The number of benzene rings is 1. The molecule has 0 spiro atoms. The van der Waals surface area contributed by atoms with Gasteiger partial charge in [-0.15, -0.1) is 0 Å². The van der Waals surface area contributed by atoms with Crippen LogP contribution in [-0.4, -0.2) is 42.1 Å². The summed E-state index contributed by atoms with van der Waals surface area (Å²) in [7, 11) is 1.63. The smallest absolute Gasteiger partial charge is 0.254 e. The summed E-state index contributed by atoms with van der Waals surface area (Å²) in [6, 6.07) is 7.11. The Balaban J connectivity index is 2.97. The van der Waals surface area contributed by atoms with Crippen LogP contribution in [-0.2, 0) is 4.74 Å². The summed E-state index contributed by atoms with van der Waals surface area (Å²) >= 11 is 4.93. The number of carbonyl (C=O) groups is 1. The monoisotopic (exact) mass is 280 g/mol. The van der Waals surface area contributed by atoms with E-state index in [9.17, 15) is 4.79 Å². The summed E-state index contributed by atoms with van der Waals surface area (Å²) in [6.45, 7) is 5.04. The third kappa shape index (κ3) is 4.01. The summed E-state index contributed by atoms with van der Waals surface area (Å²) in [5.41, 5.74) is 6.88. The average molecular weight is 280 g/mol. The van der Waals surface area contributed by atoms with Crippen molar-refractivity contribution >= 4 is 23.1 Å². The van der Waals surface area contributed by atoms with Crippen LogP contribution in [0.15, 0.2) is 24.3 Å². The SMILES string of the molecule is CCN(C(=O)c1cccc(C(N)=S)c1)C(C)COC.